The third-order valence-corrected chi connectivity index (χ3v) is 4.35. The summed E-state index contributed by atoms with van der Waals surface area (Å²) < 4.78 is 78.2. The molecule has 158 valence electrons. The summed E-state index contributed by atoms with van der Waals surface area (Å²) in [5.41, 5.74) is -3.47. The number of nitrogens with zero attached hydrogens (tertiary/aromatic N) is 2. The molecule has 4 nitrogen and oxygen atoms in total. The normalized spacial score (nSPS) is 15.0. The van der Waals surface area contributed by atoms with Crippen LogP contribution in [0.1, 0.15) is 45.6 Å². The number of benzene rings is 2. The second-order valence-electron chi connectivity index (χ2n) is 6.63. The first-order chi connectivity index (χ1) is 13.8. The predicted molar refractivity (Wildman–Crippen MR) is 91.4 cm³/mol. The highest BCUT2D eigenvalue weighted by atomic mass is 19.4. The zero-order chi connectivity index (χ0) is 22.9. The SMILES string of the molecule is Cc1cc(C#N)cc(C(O)C(C#N)C(O)c2cc(C(F)(F)F)cc(C(F)(F)F)c2)c1. The minimum absolute atomic E-state index is 0.0140. The molecule has 0 aliphatic rings. The largest absolute Gasteiger partial charge is 0.416 e. The average molecular weight is 428 g/mol. The van der Waals surface area contributed by atoms with Gasteiger partial charge in [0.05, 0.1) is 41.0 Å². The zero-order valence-electron chi connectivity index (χ0n) is 15.3. The molecule has 10 heteroatoms. The lowest BCUT2D eigenvalue weighted by Crippen LogP contribution is -2.21. The van der Waals surface area contributed by atoms with Gasteiger partial charge in [0, 0.05) is 0 Å². The number of hydrogen-bond acceptors (Lipinski definition) is 4. The van der Waals surface area contributed by atoms with E-state index >= 15 is 0 Å². The van der Waals surface area contributed by atoms with Crippen molar-refractivity contribution in [3.05, 3.63) is 69.8 Å². The molecule has 0 aliphatic heterocycles. The van der Waals surface area contributed by atoms with Crippen LogP contribution in [-0.2, 0) is 12.4 Å². The number of aliphatic hydroxyl groups excluding tert-OH is 2. The van der Waals surface area contributed by atoms with Gasteiger partial charge in [-0.05, 0) is 53.9 Å². The molecular formula is C20H14F6N2O2. The maximum Gasteiger partial charge on any atom is 0.416 e. The average Bonchev–Trinajstić information content (AvgIpc) is 2.66. The van der Waals surface area contributed by atoms with Crippen LogP contribution in [0.25, 0.3) is 0 Å². The van der Waals surface area contributed by atoms with Crippen molar-refractivity contribution in [3.63, 3.8) is 0 Å². The number of nitriles is 2. The number of aliphatic hydroxyl groups is 2. The fraction of sp³-hybridized carbons (Fsp3) is 0.300. The van der Waals surface area contributed by atoms with Gasteiger partial charge in [-0.1, -0.05) is 6.07 Å². The van der Waals surface area contributed by atoms with Crippen molar-refractivity contribution in [1.29, 1.82) is 10.5 Å². The van der Waals surface area contributed by atoms with E-state index in [0.29, 0.717) is 17.7 Å². The van der Waals surface area contributed by atoms with Crippen molar-refractivity contribution < 1.29 is 36.6 Å². The van der Waals surface area contributed by atoms with Crippen LogP contribution in [0.4, 0.5) is 26.3 Å². The molecule has 0 radical (unpaired) electrons. The molecule has 0 saturated heterocycles. The Bertz CT molecular complexity index is 986. The van der Waals surface area contributed by atoms with Gasteiger partial charge in [0.25, 0.3) is 0 Å². The third kappa shape index (κ3) is 5.09. The van der Waals surface area contributed by atoms with Crippen molar-refractivity contribution in [2.24, 2.45) is 5.92 Å². The zero-order valence-corrected chi connectivity index (χ0v) is 15.3. The molecule has 0 amide bonds. The van der Waals surface area contributed by atoms with Crippen LogP contribution in [0.15, 0.2) is 36.4 Å². The summed E-state index contributed by atoms with van der Waals surface area (Å²) in [6.07, 6.45) is -14.2. The lowest BCUT2D eigenvalue weighted by Gasteiger charge is -2.24. The second-order valence-corrected chi connectivity index (χ2v) is 6.63. The third-order valence-electron chi connectivity index (χ3n) is 4.35. The van der Waals surface area contributed by atoms with E-state index in [4.69, 9.17) is 5.26 Å². The Hall–Kier alpha value is -3.08. The Morgan fingerprint density at radius 1 is 0.767 bits per heavy atom. The highest BCUT2D eigenvalue weighted by Crippen LogP contribution is 2.40. The first-order valence-electron chi connectivity index (χ1n) is 8.34. The molecule has 0 heterocycles. The molecule has 3 unspecified atom stereocenters. The molecule has 3 atom stereocenters. The number of alkyl halides is 6. The van der Waals surface area contributed by atoms with Crippen LogP contribution in [0.2, 0.25) is 0 Å². The molecule has 2 N–H and O–H groups in total. The van der Waals surface area contributed by atoms with E-state index in [2.05, 4.69) is 0 Å². The Kier molecular flexibility index (Phi) is 6.45. The Morgan fingerprint density at radius 2 is 1.23 bits per heavy atom. The second kappa shape index (κ2) is 8.34. The Balaban J connectivity index is 2.54. The van der Waals surface area contributed by atoms with Crippen molar-refractivity contribution in [3.8, 4) is 12.1 Å². The van der Waals surface area contributed by atoms with Gasteiger partial charge in [0.15, 0.2) is 0 Å². The molecule has 0 saturated carbocycles. The van der Waals surface area contributed by atoms with E-state index < -0.39 is 47.2 Å². The molecule has 0 fully saturated rings. The molecule has 0 spiro atoms. The number of aryl methyl sites for hydroxylation is 1. The van der Waals surface area contributed by atoms with Gasteiger partial charge < -0.3 is 10.2 Å². The predicted octanol–water partition coefficient (Wildman–Crippen LogP) is 4.81. The molecule has 2 aromatic rings. The fourth-order valence-electron chi connectivity index (χ4n) is 2.93. The van der Waals surface area contributed by atoms with E-state index in [-0.39, 0.29) is 17.2 Å². The monoisotopic (exact) mass is 428 g/mol. The van der Waals surface area contributed by atoms with Crippen LogP contribution in [0.5, 0.6) is 0 Å². The number of halogens is 6. The molecule has 2 rings (SSSR count). The summed E-state index contributed by atoms with van der Waals surface area (Å²) in [4.78, 5) is 0. The summed E-state index contributed by atoms with van der Waals surface area (Å²) in [6.45, 7) is 1.58. The van der Waals surface area contributed by atoms with Crippen molar-refractivity contribution in [2.75, 3.05) is 0 Å². The highest BCUT2D eigenvalue weighted by molar-refractivity contribution is 5.40. The summed E-state index contributed by atoms with van der Waals surface area (Å²) in [5.74, 6) is -1.80. The van der Waals surface area contributed by atoms with Gasteiger partial charge in [0.1, 0.15) is 5.92 Å². The minimum Gasteiger partial charge on any atom is -0.387 e. The van der Waals surface area contributed by atoms with Crippen LogP contribution in [0.3, 0.4) is 0 Å². The van der Waals surface area contributed by atoms with Crippen LogP contribution < -0.4 is 0 Å². The first kappa shape index (κ1) is 23.2. The van der Waals surface area contributed by atoms with E-state index in [1.807, 2.05) is 6.07 Å². The molecule has 0 aromatic heterocycles. The summed E-state index contributed by atoms with van der Waals surface area (Å²) in [5, 5.41) is 39.3. The minimum atomic E-state index is -5.13. The Morgan fingerprint density at radius 3 is 1.63 bits per heavy atom. The lowest BCUT2D eigenvalue weighted by atomic mass is 9.86. The molecule has 2 aromatic carbocycles. The van der Waals surface area contributed by atoms with E-state index in [0.717, 1.165) is 0 Å². The lowest BCUT2D eigenvalue weighted by molar-refractivity contribution is -0.143. The van der Waals surface area contributed by atoms with Crippen molar-refractivity contribution >= 4 is 0 Å². The van der Waals surface area contributed by atoms with Gasteiger partial charge >= 0.3 is 12.4 Å². The Labute approximate surface area is 167 Å². The summed E-state index contributed by atoms with van der Waals surface area (Å²) in [6, 6.07) is 7.91. The van der Waals surface area contributed by atoms with Crippen molar-refractivity contribution in [1.82, 2.24) is 0 Å². The summed E-state index contributed by atoms with van der Waals surface area (Å²) >= 11 is 0. The van der Waals surface area contributed by atoms with Gasteiger partial charge in [-0.2, -0.15) is 36.9 Å². The maximum atomic E-state index is 13.0. The molecule has 30 heavy (non-hydrogen) atoms. The quantitative estimate of drug-likeness (QED) is 0.684. The van der Waals surface area contributed by atoms with Gasteiger partial charge in [-0.3, -0.25) is 0 Å². The van der Waals surface area contributed by atoms with E-state index in [9.17, 15) is 41.8 Å². The van der Waals surface area contributed by atoms with E-state index in [1.54, 1.807) is 6.92 Å². The molecule has 0 bridgehead atoms. The fourth-order valence-corrected chi connectivity index (χ4v) is 2.93. The van der Waals surface area contributed by atoms with Crippen molar-refractivity contribution in [2.45, 2.75) is 31.5 Å². The van der Waals surface area contributed by atoms with Gasteiger partial charge in [-0.15, -0.1) is 0 Å². The van der Waals surface area contributed by atoms with Crippen LogP contribution >= 0.6 is 0 Å². The molecule has 0 aliphatic carbocycles. The van der Waals surface area contributed by atoms with Crippen LogP contribution in [0, 0.1) is 35.5 Å². The number of rotatable bonds is 4. The van der Waals surface area contributed by atoms with E-state index in [1.165, 1.54) is 24.3 Å². The first-order valence-corrected chi connectivity index (χ1v) is 8.34. The maximum absolute atomic E-state index is 13.0. The topological polar surface area (TPSA) is 88.0 Å². The highest BCUT2D eigenvalue weighted by Gasteiger charge is 2.39. The van der Waals surface area contributed by atoms with Gasteiger partial charge in [0.2, 0.25) is 0 Å². The standard InChI is InChI=1S/C20H14F6N2O2/c1-10-2-11(8-27)4-12(3-10)17(29)16(9-28)18(30)13-5-14(19(21,22)23)7-15(6-13)20(24,25)26/h2-7,16-18,29-30H,1H3. The van der Waals surface area contributed by atoms with Crippen LogP contribution in [-0.4, -0.2) is 10.2 Å². The molecular weight excluding hydrogens is 414 g/mol. The smallest absolute Gasteiger partial charge is 0.387 e. The summed E-state index contributed by atoms with van der Waals surface area (Å²) in [7, 11) is 0. The van der Waals surface area contributed by atoms with Gasteiger partial charge in [-0.25, -0.2) is 0 Å². The number of hydrogen-bond donors (Lipinski definition) is 2.